The van der Waals surface area contributed by atoms with Crippen LogP contribution in [-0.4, -0.2) is 11.7 Å². The zero-order valence-electron chi connectivity index (χ0n) is 8.70. The molecule has 0 amide bonds. The maximum Gasteiger partial charge on any atom is 0.0464 e. The van der Waals surface area contributed by atoms with Gasteiger partial charge in [0.05, 0.1) is 0 Å². The quantitative estimate of drug-likeness (QED) is 0.877. The Bertz CT molecular complexity index is 266. The lowest BCUT2D eigenvalue weighted by atomic mass is 9.90. The average Bonchev–Trinajstić information content (AvgIpc) is 2.16. The predicted molar refractivity (Wildman–Crippen MR) is 63.3 cm³/mol. The maximum atomic E-state index is 9.20. The molecule has 0 spiro atoms. The van der Waals surface area contributed by atoms with E-state index in [1.165, 1.54) is 5.56 Å². The fourth-order valence-corrected chi connectivity index (χ4v) is 1.70. The van der Waals surface area contributed by atoms with Crippen molar-refractivity contribution >= 4 is 15.9 Å². The lowest BCUT2D eigenvalue weighted by Crippen LogP contribution is -2.16. The van der Waals surface area contributed by atoms with Gasteiger partial charge in [-0.05, 0) is 36.0 Å². The molecular formula is C12H17BrO. The first-order chi connectivity index (χ1) is 6.63. The molecule has 0 aromatic heterocycles. The molecule has 2 heteroatoms. The Hall–Kier alpha value is -0.340. The van der Waals surface area contributed by atoms with Gasteiger partial charge in [-0.1, -0.05) is 41.9 Å². The Kier molecular flexibility index (Phi) is 4.63. The minimum atomic E-state index is 0.272. The van der Waals surface area contributed by atoms with Gasteiger partial charge in [-0.25, -0.2) is 0 Å². The van der Waals surface area contributed by atoms with E-state index in [0.29, 0.717) is 11.8 Å². The van der Waals surface area contributed by atoms with E-state index >= 15 is 0 Å². The molecule has 1 unspecified atom stereocenters. The number of hydrogen-bond acceptors (Lipinski definition) is 1. The Morgan fingerprint density at radius 3 is 2.21 bits per heavy atom. The smallest absolute Gasteiger partial charge is 0.0464 e. The van der Waals surface area contributed by atoms with Crippen LogP contribution in [0.25, 0.3) is 0 Å². The SMILES string of the molecule is CC(C)C(CO)Cc1ccc(Br)cc1. The fraction of sp³-hybridized carbons (Fsp3) is 0.500. The largest absolute Gasteiger partial charge is 0.396 e. The molecule has 78 valence electrons. The molecule has 0 radical (unpaired) electrons. The molecule has 0 fully saturated rings. The molecule has 0 saturated heterocycles. The van der Waals surface area contributed by atoms with Crippen LogP contribution in [0.5, 0.6) is 0 Å². The summed E-state index contributed by atoms with van der Waals surface area (Å²) in [5.74, 6) is 0.903. The van der Waals surface area contributed by atoms with Crippen LogP contribution in [-0.2, 0) is 6.42 Å². The number of rotatable bonds is 4. The zero-order chi connectivity index (χ0) is 10.6. The highest BCUT2D eigenvalue weighted by molar-refractivity contribution is 9.10. The molecule has 1 nitrogen and oxygen atoms in total. The van der Waals surface area contributed by atoms with Gasteiger partial charge in [-0.15, -0.1) is 0 Å². The Morgan fingerprint density at radius 2 is 1.79 bits per heavy atom. The summed E-state index contributed by atoms with van der Waals surface area (Å²) in [6.07, 6.45) is 0.960. The van der Waals surface area contributed by atoms with Crippen molar-refractivity contribution in [2.75, 3.05) is 6.61 Å². The van der Waals surface area contributed by atoms with Gasteiger partial charge in [0.1, 0.15) is 0 Å². The number of benzene rings is 1. The number of halogens is 1. The minimum Gasteiger partial charge on any atom is -0.396 e. The molecule has 1 rings (SSSR count). The lowest BCUT2D eigenvalue weighted by Gasteiger charge is -2.17. The summed E-state index contributed by atoms with van der Waals surface area (Å²) in [6, 6.07) is 8.30. The van der Waals surface area contributed by atoms with Crippen LogP contribution in [0.4, 0.5) is 0 Å². The maximum absolute atomic E-state index is 9.20. The molecule has 14 heavy (non-hydrogen) atoms. The van der Waals surface area contributed by atoms with Crippen LogP contribution in [0.3, 0.4) is 0 Å². The van der Waals surface area contributed by atoms with Crippen molar-refractivity contribution in [3.05, 3.63) is 34.3 Å². The highest BCUT2D eigenvalue weighted by Crippen LogP contribution is 2.18. The first kappa shape index (κ1) is 11.7. The second kappa shape index (κ2) is 5.52. The summed E-state index contributed by atoms with van der Waals surface area (Å²) in [7, 11) is 0. The fourth-order valence-electron chi connectivity index (χ4n) is 1.43. The van der Waals surface area contributed by atoms with Crippen LogP contribution in [0.15, 0.2) is 28.7 Å². The standard InChI is InChI=1S/C12H17BrO/c1-9(2)11(8-14)7-10-3-5-12(13)6-4-10/h3-6,9,11,14H,7-8H2,1-2H3. The van der Waals surface area contributed by atoms with Crippen LogP contribution in [0.1, 0.15) is 19.4 Å². The predicted octanol–water partition coefficient (Wildman–Crippen LogP) is 3.26. The number of hydrogen-bond donors (Lipinski definition) is 1. The first-order valence-electron chi connectivity index (χ1n) is 4.98. The van der Waals surface area contributed by atoms with E-state index in [1.54, 1.807) is 0 Å². The van der Waals surface area contributed by atoms with E-state index in [9.17, 15) is 5.11 Å². The molecule has 1 aromatic carbocycles. The third kappa shape index (κ3) is 3.43. The van der Waals surface area contributed by atoms with E-state index in [-0.39, 0.29) is 6.61 Å². The van der Waals surface area contributed by atoms with Crippen molar-refractivity contribution in [3.63, 3.8) is 0 Å². The summed E-state index contributed by atoms with van der Waals surface area (Å²) in [5, 5.41) is 9.20. The molecule has 0 bridgehead atoms. The van der Waals surface area contributed by atoms with Crippen LogP contribution in [0.2, 0.25) is 0 Å². The van der Waals surface area contributed by atoms with Gasteiger partial charge in [0.2, 0.25) is 0 Å². The van der Waals surface area contributed by atoms with Crippen molar-refractivity contribution < 1.29 is 5.11 Å². The molecule has 0 aliphatic heterocycles. The first-order valence-corrected chi connectivity index (χ1v) is 5.78. The molecule has 0 heterocycles. The highest BCUT2D eigenvalue weighted by Gasteiger charge is 2.12. The number of aliphatic hydroxyl groups is 1. The summed E-state index contributed by atoms with van der Waals surface area (Å²) in [5.41, 5.74) is 1.29. The van der Waals surface area contributed by atoms with Crippen molar-refractivity contribution in [1.82, 2.24) is 0 Å². The van der Waals surface area contributed by atoms with Gasteiger partial charge < -0.3 is 5.11 Å². The van der Waals surface area contributed by atoms with E-state index in [0.717, 1.165) is 10.9 Å². The molecule has 0 aliphatic carbocycles. The van der Waals surface area contributed by atoms with E-state index < -0.39 is 0 Å². The second-order valence-corrected chi connectivity index (χ2v) is 4.93. The molecule has 1 atom stereocenters. The summed E-state index contributed by atoms with van der Waals surface area (Å²) in [6.45, 7) is 4.58. The normalized spacial score (nSPS) is 13.2. The van der Waals surface area contributed by atoms with Crippen molar-refractivity contribution in [1.29, 1.82) is 0 Å². The molecule has 0 saturated carbocycles. The highest BCUT2D eigenvalue weighted by atomic mass is 79.9. The van der Waals surface area contributed by atoms with Crippen LogP contribution >= 0.6 is 15.9 Å². The van der Waals surface area contributed by atoms with Gasteiger partial charge >= 0.3 is 0 Å². The van der Waals surface area contributed by atoms with E-state index in [2.05, 4.69) is 41.9 Å². The van der Waals surface area contributed by atoms with Crippen molar-refractivity contribution in [3.8, 4) is 0 Å². The van der Waals surface area contributed by atoms with E-state index in [1.807, 2.05) is 12.1 Å². The van der Waals surface area contributed by atoms with Crippen LogP contribution in [0, 0.1) is 11.8 Å². The molecule has 1 N–H and O–H groups in total. The van der Waals surface area contributed by atoms with Gasteiger partial charge in [0, 0.05) is 11.1 Å². The van der Waals surface area contributed by atoms with Gasteiger partial charge in [0.25, 0.3) is 0 Å². The van der Waals surface area contributed by atoms with E-state index in [4.69, 9.17) is 0 Å². The summed E-state index contributed by atoms with van der Waals surface area (Å²) in [4.78, 5) is 0. The van der Waals surface area contributed by atoms with Crippen molar-refractivity contribution in [2.45, 2.75) is 20.3 Å². The lowest BCUT2D eigenvalue weighted by molar-refractivity contribution is 0.189. The van der Waals surface area contributed by atoms with Gasteiger partial charge in [-0.3, -0.25) is 0 Å². The van der Waals surface area contributed by atoms with Crippen molar-refractivity contribution in [2.24, 2.45) is 11.8 Å². The molecule has 1 aromatic rings. The second-order valence-electron chi connectivity index (χ2n) is 4.02. The summed E-state index contributed by atoms with van der Waals surface area (Å²) < 4.78 is 1.10. The van der Waals surface area contributed by atoms with Gasteiger partial charge in [-0.2, -0.15) is 0 Å². The Labute approximate surface area is 94.3 Å². The third-order valence-electron chi connectivity index (χ3n) is 2.59. The Balaban J connectivity index is 2.63. The molecule has 0 aliphatic rings. The average molecular weight is 257 g/mol. The van der Waals surface area contributed by atoms with Crippen LogP contribution < -0.4 is 0 Å². The molecular weight excluding hydrogens is 240 g/mol. The zero-order valence-corrected chi connectivity index (χ0v) is 10.3. The number of aliphatic hydroxyl groups excluding tert-OH is 1. The van der Waals surface area contributed by atoms with Gasteiger partial charge in [0.15, 0.2) is 0 Å². The topological polar surface area (TPSA) is 20.2 Å². The minimum absolute atomic E-state index is 0.272. The third-order valence-corrected chi connectivity index (χ3v) is 3.12. The summed E-state index contributed by atoms with van der Waals surface area (Å²) >= 11 is 3.41. The Morgan fingerprint density at radius 1 is 1.21 bits per heavy atom. The monoisotopic (exact) mass is 256 g/mol.